The topological polar surface area (TPSA) is 86.6 Å². The van der Waals surface area contributed by atoms with Crippen molar-refractivity contribution in [3.05, 3.63) is 35.4 Å². The van der Waals surface area contributed by atoms with Crippen LogP contribution >= 0.6 is 0 Å². The van der Waals surface area contributed by atoms with Gasteiger partial charge in [-0.25, -0.2) is 0 Å². The van der Waals surface area contributed by atoms with E-state index in [2.05, 4.69) is 5.32 Å². The Labute approximate surface area is 131 Å². The largest absolute Gasteiger partial charge is 0.481 e. The summed E-state index contributed by atoms with van der Waals surface area (Å²) in [6, 6.07) is 6.70. The highest BCUT2D eigenvalue weighted by atomic mass is 16.4. The van der Waals surface area contributed by atoms with Gasteiger partial charge in [-0.3, -0.25) is 9.59 Å². The first-order chi connectivity index (χ1) is 10.3. The molecule has 22 heavy (non-hydrogen) atoms. The minimum Gasteiger partial charge on any atom is -0.481 e. The maximum absolute atomic E-state index is 11.3. The van der Waals surface area contributed by atoms with Gasteiger partial charge in [0.15, 0.2) is 0 Å². The van der Waals surface area contributed by atoms with Crippen LogP contribution in [0.1, 0.15) is 37.8 Å². The maximum Gasteiger partial charge on any atom is 0.320 e. The zero-order chi connectivity index (χ0) is 16.7. The van der Waals surface area contributed by atoms with E-state index in [1.54, 1.807) is 0 Å². The molecule has 3 N–H and O–H groups in total. The lowest BCUT2D eigenvalue weighted by Crippen LogP contribution is -2.46. The van der Waals surface area contributed by atoms with Crippen LogP contribution in [-0.4, -0.2) is 34.2 Å². The molecular weight excluding hydrogens is 282 g/mol. The number of aryl methyl sites for hydroxylation is 1. The van der Waals surface area contributed by atoms with Crippen molar-refractivity contribution in [1.82, 2.24) is 5.32 Å². The summed E-state index contributed by atoms with van der Waals surface area (Å²) in [7, 11) is 0. The fraction of sp³-hybridized carbons (Fsp3) is 0.529. The van der Waals surface area contributed by atoms with E-state index in [1.165, 1.54) is 0 Å². The molecule has 0 heterocycles. The number of rotatable bonds is 9. The Morgan fingerprint density at radius 3 is 2.18 bits per heavy atom. The van der Waals surface area contributed by atoms with Gasteiger partial charge in [0.25, 0.3) is 0 Å². The molecule has 2 unspecified atom stereocenters. The summed E-state index contributed by atoms with van der Waals surface area (Å²) < 4.78 is 0. The molecule has 5 heteroatoms. The Balaban J connectivity index is 2.79. The predicted octanol–water partition coefficient (Wildman–Crippen LogP) is 2.47. The van der Waals surface area contributed by atoms with Crippen molar-refractivity contribution in [3.8, 4) is 0 Å². The summed E-state index contributed by atoms with van der Waals surface area (Å²) in [5, 5.41) is 21.3. The van der Waals surface area contributed by atoms with Gasteiger partial charge in [0.1, 0.15) is 6.04 Å². The van der Waals surface area contributed by atoms with Crippen molar-refractivity contribution in [2.24, 2.45) is 5.92 Å². The van der Waals surface area contributed by atoms with Crippen LogP contribution in [0.4, 0.5) is 0 Å². The molecule has 0 aromatic heterocycles. The molecule has 122 valence electrons. The van der Waals surface area contributed by atoms with Gasteiger partial charge in [0.2, 0.25) is 0 Å². The second-order valence-corrected chi connectivity index (χ2v) is 6.17. The summed E-state index contributed by atoms with van der Waals surface area (Å²) in [5.41, 5.74) is 2.13. The number of carbonyl (C=O) groups is 2. The molecule has 0 aliphatic heterocycles. The molecule has 0 fully saturated rings. The second-order valence-electron chi connectivity index (χ2n) is 6.17. The van der Waals surface area contributed by atoms with Gasteiger partial charge in [0.05, 0.1) is 6.42 Å². The zero-order valence-corrected chi connectivity index (χ0v) is 13.4. The standard InChI is InChI=1S/C17H25NO4/c1-11(2)8-15(17(21)22)18-14(10-16(19)20)9-13-6-4-12(3)5-7-13/h4-7,11,14-15,18H,8-10H2,1-3H3,(H,19,20)(H,21,22). The molecule has 0 amide bonds. The van der Waals surface area contributed by atoms with Crippen LogP contribution in [0.5, 0.6) is 0 Å². The first kappa shape index (κ1) is 18.2. The van der Waals surface area contributed by atoms with E-state index in [9.17, 15) is 14.7 Å². The highest BCUT2D eigenvalue weighted by Gasteiger charge is 2.24. The molecule has 1 rings (SSSR count). The van der Waals surface area contributed by atoms with Crippen molar-refractivity contribution in [1.29, 1.82) is 0 Å². The van der Waals surface area contributed by atoms with Crippen molar-refractivity contribution in [2.45, 2.75) is 52.1 Å². The number of benzene rings is 1. The first-order valence-corrected chi connectivity index (χ1v) is 7.54. The number of hydrogen-bond acceptors (Lipinski definition) is 3. The van der Waals surface area contributed by atoms with Crippen molar-refractivity contribution < 1.29 is 19.8 Å². The summed E-state index contributed by atoms with van der Waals surface area (Å²) in [6.45, 7) is 5.88. The van der Waals surface area contributed by atoms with E-state index in [-0.39, 0.29) is 12.3 Å². The van der Waals surface area contributed by atoms with Crippen LogP contribution in [0.2, 0.25) is 0 Å². The molecular formula is C17H25NO4. The Morgan fingerprint density at radius 1 is 1.14 bits per heavy atom. The fourth-order valence-corrected chi connectivity index (χ4v) is 2.41. The third-order valence-electron chi connectivity index (χ3n) is 3.47. The Bertz CT molecular complexity index is 496. The smallest absolute Gasteiger partial charge is 0.320 e. The Kier molecular flexibility index (Phi) is 7.05. The van der Waals surface area contributed by atoms with Crippen LogP contribution < -0.4 is 5.32 Å². The molecule has 0 aliphatic rings. The van der Waals surface area contributed by atoms with Crippen LogP contribution in [0, 0.1) is 12.8 Å². The summed E-state index contributed by atoms with van der Waals surface area (Å²) in [5.74, 6) is -1.65. The molecule has 0 spiro atoms. The SMILES string of the molecule is Cc1ccc(CC(CC(=O)O)NC(CC(C)C)C(=O)O)cc1. The van der Waals surface area contributed by atoms with Gasteiger partial charge in [-0.2, -0.15) is 0 Å². The lowest BCUT2D eigenvalue weighted by Gasteiger charge is -2.23. The highest BCUT2D eigenvalue weighted by Crippen LogP contribution is 2.12. The zero-order valence-electron chi connectivity index (χ0n) is 13.4. The Hall–Kier alpha value is -1.88. The van der Waals surface area contributed by atoms with Gasteiger partial charge >= 0.3 is 11.9 Å². The molecule has 1 aromatic carbocycles. The van der Waals surface area contributed by atoms with E-state index in [0.717, 1.165) is 11.1 Å². The van der Waals surface area contributed by atoms with E-state index in [0.29, 0.717) is 12.8 Å². The molecule has 0 aliphatic carbocycles. The number of carboxylic acids is 2. The van der Waals surface area contributed by atoms with Crippen molar-refractivity contribution in [3.63, 3.8) is 0 Å². The molecule has 0 saturated heterocycles. The number of aliphatic carboxylic acids is 2. The maximum atomic E-state index is 11.3. The number of carboxylic acid groups (broad SMARTS) is 2. The summed E-state index contributed by atoms with van der Waals surface area (Å²) >= 11 is 0. The van der Waals surface area contributed by atoms with Crippen molar-refractivity contribution in [2.75, 3.05) is 0 Å². The van der Waals surface area contributed by atoms with Gasteiger partial charge < -0.3 is 15.5 Å². The lowest BCUT2D eigenvalue weighted by molar-refractivity contribution is -0.142. The first-order valence-electron chi connectivity index (χ1n) is 7.54. The average molecular weight is 307 g/mol. The van der Waals surface area contributed by atoms with E-state index in [1.807, 2.05) is 45.0 Å². The third kappa shape index (κ3) is 6.72. The number of hydrogen-bond donors (Lipinski definition) is 3. The van der Waals surface area contributed by atoms with Crippen LogP contribution in [-0.2, 0) is 16.0 Å². The van der Waals surface area contributed by atoms with Gasteiger partial charge in [-0.1, -0.05) is 43.7 Å². The number of nitrogens with one attached hydrogen (secondary N) is 1. The van der Waals surface area contributed by atoms with Crippen LogP contribution in [0.25, 0.3) is 0 Å². The quantitative estimate of drug-likeness (QED) is 0.652. The highest BCUT2D eigenvalue weighted by molar-refractivity contribution is 5.74. The molecule has 0 bridgehead atoms. The predicted molar refractivity (Wildman–Crippen MR) is 84.9 cm³/mol. The normalized spacial score (nSPS) is 13.8. The molecule has 0 radical (unpaired) electrons. The minimum atomic E-state index is -0.937. The van der Waals surface area contributed by atoms with Crippen LogP contribution in [0.3, 0.4) is 0 Å². The van der Waals surface area contributed by atoms with Gasteiger partial charge in [0, 0.05) is 6.04 Å². The minimum absolute atomic E-state index is 0.101. The average Bonchev–Trinajstić information content (AvgIpc) is 2.39. The Morgan fingerprint density at radius 2 is 1.73 bits per heavy atom. The van der Waals surface area contributed by atoms with E-state index >= 15 is 0 Å². The third-order valence-corrected chi connectivity index (χ3v) is 3.47. The fourth-order valence-electron chi connectivity index (χ4n) is 2.41. The van der Waals surface area contributed by atoms with Gasteiger partial charge in [-0.15, -0.1) is 0 Å². The van der Waals surface area contributed by atoms with Gasteiger partial charge in [-0.05, 0) is 31.2 Å². The summed E-state index contributed by atoms with van der Waals surface area (Å²) in [4.78, 5) is 22.4. The summed E-state index contributed by atoms with van der Waals surface area (Å²) in [6.07, 6.45) is 0.865. The van der Waals surface area contributed by atoms with E-state index < -0.39 is 24.0 Å². The van der Waals surface area contributed by atoms with Crippen LogP contribution in [0.15, 0.2) is 24.3 Å². The molecule has 5 nitrogen and oxygen atoms in total. The molecule has 1 aromatic rings. The molecule has 2 atom stereocenters. The van der Waals surface area contributed by atoms with E-state index in [4.69, 9.17) is 5.11 Å². The monoisotopic (exact) mass is 307 g/mol. The molecule has 0 saturated carbocycles. The lowest BCUT2D eigenvalue weighted by atomic mass is 9.98. The van der Waals surface area contributed by atoms with Crippen molar-refractivity contribution >= 4 is 11.9 Å². The second kappa shape index (κ2) is 8.54.